The van der Waals surface area contributed by atoms with Crippen molar-refractivity contribution in [1.82, 2.24) is 4.90 Å². The molecule has 0 atom stereocenters. The molecular formula is C23H27N3O3. The average molecular weight is 393 g/mol. The van der Waals surface area contributed by atoms with Crippen LogP contribution in [0.2, 0.25) is 0 Å². The Bertz CT molecular complexity index is 860. The highest BCUT2D eigenvalue weighted by atomic mass is 16.5. The first-order chi connectivity index (χ1) is 14.2. The van der Waals surface area contributed by atoms with Crippen LogP contribution in [0.5, 0.6) is 5.75 Å². The maximum atomic E-state index is 12.7. The van der Waals surface area contributed by atoms with E-state index in [9.17, 15) is 9.59 Å². The highest BCUT2D eigenvalue weighted by molar-refractivity contribution is 5.96. The molecule has 0 saturated carbocycles. The number of ether oxygens (including phenoxy) is 1. The van der Waals surface area contributed by atoms with Gasteiger partial charge in [0.1, 0.15) is 12.4 Å². The first kappa shape index (κ1) is 20.5. The number of piperidine rings is 1. The van der Waals surface area contributed by atoms with Crippen molar-refractivity contribution in [3.8, 4) is 5.75 Å². The van der Waals surface area contributed by atoms with Crippen LogP contribution in [0.3, 0.4) is 0 Å². The Labute approximate surface area is 171 Å². The molecule has 0 bridgehead atoms. The third-order valence-electron chi connectivity index (χ3n) is 4.72. The number of likely N-dealkylation sites (tertiary alicyclic amines) is 1. The average Bonchev–Trinajstić information content (AvgIpc) is 2.77. The zero-order valence-electron chi connectivity index (χ0n) is 16.5. The van der Waals surface area contributed by atoms with Crippen LogP contribution in [0.15, 0.2) is 61.2 Å². The molecule has 1 aliphatic rings. The maximum Gasteiger partial charge on any atom is 0.253 e. The molecule has 0 aromatic heterocycles. The Kier molecular flexibility index (Phi) is 7.28. The quantitative estimate of drug-likeness (QED) is 0.667. The van der Waals surface area contributed by atoms with Crippen LogP contribution >= 0.6 is 0 Å². The second-order valence-corrected chi connectivity index (χ2v) is 6.93. The number of para-hydroxylation sites is 2. The molecule has 1 heterocycles. The van der Waals surface area contributed by atoms with Crippen molar-refractivity contribution in [2.75, 3.05) is 36.9 Å². The number of rotatable bonds is 8. The van der Waals surface area contributed by atoms with Gasteiger partial charge < -0.3 is 20.3 Å². The number of nitrogens with one attached hydrogen (secondary N) is 2. The van der Waals surface area contributed by atoms with Crippen LogP contribution in [0.25, 0.3) is 0 Å². The number of nitrogens with zero attached hydrogens (tertiary/aromatic N) is 1. The number of carbonyl (C=O) groups is 2. The topological polar surface area (TPSA) is 70.7 Å². The fourth-order valence-electron chi connectivity index (χ4n) is 3.26. The number of hydrogen-bond donors (Lipinski definition) is 2. The lowest BCUT2D eigenvalue weighted by molar-refractivity contribution is -0.114. The number of benzene rings is 2. The van der Waals surface area contributed by atoms with Crippen LogP contribution in [0.1, 0.15) is 29.6 Å². The lowest BCUT2D eigenvalue weighted by atomic mass is 10.1. The molecule has 2 aromatic rings. The summed E-state index contributed by atoms with van der Waals surface area (Å²) in [5.41, 5.74) is 1.98. The summed E-state index contributed by atoms with van der Waals surface area (Å²) in [7, 11) is 0. The van der Waals surface area contributed by atoms with Gasteiger partial charge in [-0.2, -0.15) is 0 Å². The maximum absolute atomic E-state index is 12.7. The Morgan fingerprint density at radius 3 is 2.66 bits per heavy atom. The van der Waals surface area contributed by atoms with Gasteiger partial charge >= 0.3 is 0 Å². The molecule has 6 heteroatoms. The predicted octanol–water partition coefficient (Wildman–Crippen LogP) is 3.93. The first-order valence-electron chi connectivity index (χ1n) is 9.93. The molecule has 152 valence electrons. The molecule has 29 heavy (non-hydrogen) atoms. The second-order valence-electron chi connectivity index (χ2n) is 6.93. The molecule has 0 spiro atoms. The number of anilines is 2. The monoisotopic (exact) mass is 393 g/mol. The van der Waals surface area contributed by atoms with E-state index in [1.54, 1.807) is 24.3 Å². The molecule has 3 rings (SSSR count). The summed E-state index contributed by atoms with van der Waals surface area (Å²) in [6.07, 6.45) is 4.95. The van der Waals surface area contributed by atoms with Gasteiger partial charge in [-0.3, -0.25) is 9.59 Å². The molecule has 1 saturated heterocycles. The van der Waals surface area contributed by atoms with Gasteiger partial charge in [0, 0.05) is 24.3 Å². The van der Waals surface area contributed by atoms with Gasteiger partial charge in [-0.25, -0.2) is 0 Å². The van der Waals surface area contributed by atoms with Gasteiger partial charge in [0.05, 0.1) is 12.2 Å². The van der Waals surface area contributed by atoms with Crippen LogP contribution in [-0.4, -0.2) is 43.0 Å². The molecule has 0 radical (unpaired) electrons. The lowest BCUT2D eigenvalue weighted by Gasteiger charge is -2.26. The standard InChI is InChI=1S/C23H27N3O3/c1-2-15-29-21-12-5-4-11-20(21)25-22(27)17-24-19-10-8-9-18(16-19)23(28)26-13-6-3-7-14-26/h2,4-5,8-12,16,24H,1,3,6-7,13-15,17H2,(H,25,27). The van der Waals surface area contributed by atoms with Crippen molar-refractivity contribution in [2.24, 2.45) is 0 Å². The highest BCUT2D eigenvalue weighted by Gasteiger charge is 2.18. The van der Waals surface area contributed by atoms with E-state index < -0.39 is 0 Å². The van der Waals surface area contributed by atoms with Gasteiger partial charge in [-0.15, -0.1) is 0 Å². The van der Waals surface area contributed by atoms with Crippen LogP contribution in [0, 0.1) is 0 Å². The van der Waals surface area contributed by atoms with Gasteiger partial charge in [-0.1, -0.05) is 30.9 Å². The summed E-state index contributed by atoms with van der Waals surface area (Å²) >= 11 is 0. The van der Waals surface area contributed by atoms with E-state index in [1.165, 1.54) is 6.42 Å². The van der Waals surface area contributed by atoms with Crippen LogP contribution in [0.4, 0.5) is 11.4 Å². The third kappa shape index (κ3) is 5.85. The van der Waals surface area contributed by atoms with Crippen molar-refractivity contribution in [3.63, 3.8) is 0 Å². The van der Waals surface area contributed by atoms with Crippen molar-refractivity contribution >= 4 is 23.2 Å². The van der Waals surface area contributed by atoms with Crippen LogP contribution < -0.4 is 15.4 Å². The Hall–Kier alpha value is -3.28. The SMILES string of the molecule is C=CCOc1ccccc1NC(=O)CNc1cccc(C(=O)N2CCCCC2)c1. The van der Waals surface area contributed by atoms with E-state index in [-0.39, 0.29) is 18.4 Å². The molecule has 1 aliphatic heterocycles. The molecule has 2 amide bonds. The summed E-state index contributed by atoms with van der Waals surface area (Å²) in [5, 5.41) is 5.93. The van der Waals surface area contributed by atoms with E-state index in [4.69, 9.17) is 4.74 Å². The van der Waals surface area contributed by atoms with Crippen LogP contribution in [-0.2, 0) is 4.79 Å². The minimum absolute atomic E-state index is 0.0473. The Morgan fingerprint density at radius 2 is 1.86 bits per heavy atom. The lowest BCUT2D eigenvalue weighted by Crippen LogP contribution is -2.35. The summed E-state index contributed by atoms with van der Waals surface area (Å²) in [6.45, 7) is 5.70. The van der Waals surface area contributed by atoms with Crippen molar-refractivity contribution in [3.05, 3.63) is 66.7 Å². The zero-order chi connectivity index (χ0) is 20.5. The minimum atomic E-state index is -0.201. The van der Waals surface area contributed by atoms with E-state index in [1.807, 2.05) is 35.2 Å². The summed E-state index contributed by atoms with van der Waals surface area (Å²) < 4.78 is 5.55. The largest absolute Gasteiger partial charge is 0.487 e. The van der Waals surface area contributed by atoms with Crippen molar-refractivity contribution in [2.45, 2.75) is 19.3 Å². The number of amides is 2. The predicted molar refractivity (Wildman–Crippen MR) is 115 cm³/mol. The summed E-state index contributed by atoms with van der Waals surface area (Å²) in [5.74, 6) is 0.438. The van der Waals surface area contributed by atoms with Gasteiger partial charge in [0.2, 0.25) is 5.91 Å². The fourth-order valence-corrected chi connectivity index (χ4v) is 3.26. The fraction of sp³-hybridized carbons (Fsp3) is 0.304. The van der Waals surface area contributed by atoms with Crippen molar-refractivity contribution < 1.29 is 14.3 Å². The van der Waals surface area contributed by atoms with E-state index in [2.05, 4.69) is 17.2 Å². The van der Waals surface area contributed by atoms with E-state index in [0.717, 1.165) is 31.6 Å². The van der Waals surface area contributed by atoms with Gasteiger partial charge in [0.15, 0.2) is 0 Å². The summed E-state index contributed by atoms with van der Waals surface area (Å²) in [6, 6.07) is 14.5. The zero-order valence-corrected chi connectivity index (χ0v) is 16.5. The normalized spacial score (nSPS) is 13.4. The minimum Gasteiger partial charge on any atom is -0.487 e. The molecule has 6 nitrogen and oxygen atoms in total. The molecule has 2 aromatic carbocycles. The number of carbonyl (C=O) groups excluding carboxylic acids is 2. The first-order valence-corrected chi connectivity index (χ1v) is 9.93. The third-order valence-corrected chi connectivity index (χ3v) is 4.72. The van der Waals surface area contributed by atoms with E-state index >= 15 is 0 Å². The second kappa shape index (κ2) is 10.3. The Balaban J connectivity index is 1.57. The Morgan fingerprint density at radius 1 is 1.07 bits per heavy atom. The summed E-state index contributed by atoms with van der Waals surface area (Å²) in [4.78, 5) is 26.9. The smallest absolute Gasteiger partial charge is 0.253 e. The number of hydrogen-bond acceptors (Lipinski definition) is 4. The molecule has 0 aliphatic carbocycles. The van der Waals surface area contributed by atoms with E-state index in [0.29, 0.717) is 23.6 Å². The van der Waals surface area contributed by atoms with Gasteiger partial charge in [0.25, 0.3) is 5.91 Å². The van der Waals surface area contributed by atoms with Gasteiger partial charge in [-0.05, 0) is 49.6 Å². The molecule has 0 unspecified atom stereocenters. The molecule has 2 N–H and O–H groups in total. The van der Waals surface area contributed by atoms with Crippen molar-refractivity contribution in [1.29, 1.82) is 0 Å². The molecule has 1 fully saturated rings. The highest BCUT2D eigenvalue weighted by Crippen LogP contribution is 2.23. The molecular weight excluding hydrogens is 366 g/mol.